The first kappa shape index (κ1) is 64.6. The Labute approximate surface area is 480 Å². The maximum atomic E-state index is 14.7. The number of benzene rings is 1. The summed E-state index contributed by atoms with van der Waals surface area (Å²) in [7, 11) is 6.79. The molecule has 0 bridgehead atoms. The maximum absolute atomic E-state index is 14.7. The number of carbonyl (C=O) groups excluding carboxylic acids is 9. The number of nitrogens with zero attached hydrogens (tertiary/aromatic N) is 7. The van der Waals surface area contributed by atoms with Gasteiger partial charge < -0.3 is 29.5 Å². The normalized spacial score (nSPS) is 23.0. The van der Waals surface area contributed by atoms with E-state index in [2.05, 4.69) is 24.5 Å². The van der Waals surface area contributed by atoms with Crippen LogP contribution < -0.4 is 10.6 Å². The first-order valence-electron chi connectivity index (χ1n) is 29.6. The number of hydrogen-bond acceptors (Lipinski definition) is 14. The summed E-state index contributed by atoms with van der Waals surface area (Å²) in [5.74, 6) is -3.98. The zero-order chi connectivity index (χ0) is 59.3. The maximum Gasteiger partial charge on any atom is 0.272 e. The Morgan fingerprint density at radius 3 is 1.90 bits per heavy atom. The van der Waals surface area contributed by atoms with Gasteiger partial charge in [0.2, 0.25) is 35.4 Å². The average molecular weight is 1130 g/mol. The molecule has 2 N–H and O–H groups in total. The van der Waals surface area contributed by atoms with Crippen LogP contribution in [0.3, 0.4) is 0 Å². The number of likely N-dealkylation sites (N-methyl/N-ethyl adjacent to an activating group) is 2. The molecule has 1 aromatic carbocycles. The molecule has 10 atom stereocenters. The molecule has 450 valence electrons. The standard InChI is InChI=1S/C60H93N9O12/c1-12-41(6)54(46(79-10)37-51(74)67-29-18-23-45(67)55(80-11)42(7)56(75)62-60(59(78)69-31-16-17-36-81-69)38-44(60)43-21-14-13-15-22-43)64(9)53(40(4)5)58(77)61-57(76)52(39(2)3)63(8)28-19-24-47(70)65-32-34-66(35-33-65)48(71)25-20-30-68-49(72)26-27-50(68)73/h13-15,21-22,26-27,39-42,44-46,52-55H,12,16-20,23-25,28-38H2,1-11H3,(H,62,75)(H,61,76,77)/t41-,42+,44+,45-,46+,52-,53-,54-,55?,60-/m0/s1. The summed E-state index contributed by atoms with van der Waals surface area (Å²) in [5, 5.41) is 7.33. The monoisotopic (exact) mass is 1130 g/mol. The van der Waals surface area contributed by atoms with Crippen LogP contribution in [0.1, 0.15) is 131 Å². The molecule has 3 saturated heterocycles. The Balaban J connectivity index is 1.03. The van der Waals surface area contributed by atoms with Crippen LogP contribution in [-0.4, -0.2) is 217 Å². The Hall–Kier alpha value is -5.61. The summed E-state index contributed by atoms with van der Waals surface area (Å²) >= 11 is 0. The molecule has 6 rings (SSSR count). The fourth-order valence-corrected chi connectivity index (χ4v) is 12.9. The van der Waals surface area contributed by atoms with Crippen molar-refractivity contribution < 1.29 is 57.5 Å². The lowest BCUT2D eigenvalue weighted by molar-refractivity contribution is -0.200. The third kappa shape index (κ3) is 15.7. The fraction of sp³-hybridized carbons (Fsp3) is 0.717. The second-order valence-corrected chi connectivity index (χ2v) is 23.7. The lowest BCUT2D eigenvalue weighted by atomic mass is 9.87. The topological polar surface area (TPSA) is 228 Å². The van der Waals surface area contributed by atoms with Gasteiger partial charge >= 0.3 is 0 Å². The van der Waals surface area contributed by atoms with Gasteiger partial charge in [0.05, 0.1) is 49.3 Å². The summed E-state index contributed by atoms with van der Waals surface area (Å²) in [6.45, 7) is 17.1. The van der Waals surface area contributed by atoms with Gasteiger partial charge in [0.1, 0.15) is 5.54 Å². The van der Waals surface area contributed by atoms with E-state index in [-0.39, 0.29) is 90.8 Å². The van der Waals surface area contributed by atoms with Crippen molar-refractivity contribution >= 4 is 53.2 Å². The van der Waals surface area contributed by atoms with E-state index in [4.69, 9.17) is 14.3 Å². The summed E-state index contributed by atoms with van der Waals surface area (Å²) < 4.78 is 12.3. The third-order valence-electron chi connectivity index (χ3n) is 17.6. The van der Waals surface area contributed by atoms with Crippen molar-refractivity contribution in [2.45, 2.75) is 167 Å². The molecule has 4 fully saturated rings. The van der Waals surface area contributed by atoms with Crippen LogP contribution in [0.4, 0.5) is 0 Å². The minimum absolute atomic E-state index is 0.00730. The largest absolute Gasteiger partial charge is 0.379 e. The van der Waals surface area contributed by atoms with E-state index >= 15 is 0 Å². The lowest BCUT2D eigenvalue weighted by Crippen LogP contribution is -2.60. The van der Waals surface area contributed by atoms with E-state index in [0.717, 1.165) is 23.3 Å². The van der Waals surface area contributed by atoms with Crippen molar-refractivity contribution in [1.29, 1.82) is 0 Å². The molecule has 9 amide bonds. The van der Waals surface area contributed by atoms with E-state index < -0.39 is 59.6 Å². The van der Waals surface area contributed by atoms with E-state index in [1.54, 1.807) is 35.8 Å². The molecule has 0 aromatic heterocycles. The summed E-state index contributed by atoms with van der Waals surface area (Å²) in [5.41, 5.74) is -0.208. The molecule has 0 radical (unpaired) electrons. The van der Waals surface area contributed by atoms with Crippen molar-refractivity contribution in [3.63, 3.8) is 0 Å². The number of likely N-dealkylation sites (tertiary alicyclic amines) is 1. The van der Waals surface area contributed by atoms with Gasteiger partial charge in [-0.3, -0.25) is 68.0 Å². The molecule has 1 saturated carbocycles. The Bertz CT molecular complexity index is 2370. The van der Waals surface area contributed by atoms with Crippen molar-refractivity contribution in [3.8, 4) is 0 Å². The minimum Gasteiger partial charge on any atom is -0.379 e. The Morgan fingerprint density at radius 1 is 0.741 bits per heavy atom. The quantitative estimate of drug-likeness (QED) is 0.114. The van der Waals surface area contributed by atoms with Gasteiger partial charge in [-0.15, -0.1) is 0 Å². The van der Waals surface area contributed by atoms with Gasteiger partial charge in [0.15, 0.2) is 0 Å². The highest BCUT2D eigenvalue weighted by molar-refractivity contribution is 6.12. The molecule has 21 nitrogen and oxygen atoms in total. The first-order valence-corrected chi connectivity index (χ1v) is 29.6. The van der Waals surface area contributed by atoms with Gasteiger partial charge in [-0.25, -0.2) is 5.06 Å². The number of amides is 9. The van der Waals surface area contributed by atoms with Crippen molar-refractivity contribution in [1.82, 2.24) is 45.1 Å². The van der Waals surface area contributed by atoms with Gasteiger partial charge in [0, 0.05) is 97.0 Å². The molecule has 1 aliphatic carbocycles. The molecular formula is C60H93N9O12. The number of hydrogen-bond donors (Lipinski definition) is 2. The highest BCUT2D eigenvalue weighted by Crippen LogP contribution is 2.53. The predicted molar refractivity (Wildman–Crippen MR) is 303 cm³/mol. The van der Waals surface area contributed by atoms with E-state index in [1.807, 2.05) is 81.9 Å². The summed E-state index contributed by atoms with van der Waals surface area (Å²) in [6.07, 6.45) is 6.51. The molecule has 81 heavy (non-hydrogen) atoms. The molecule has 21 heteroatoms. The zero-order valence-electron chi connectivity index (χ0n) is 50.1. The SMILES string of the molecule is CC[C@H](C)[C@@H]([C@@H](CC(=O)N1CCC[C@H]1C(OC)[C@@H](C)C(=O)N[C@@]1(C(=O)N2CCCCO2)C[C@@H]1c1ccccc1)OC)N(C)[C@H](C(=O)NC(=O)[C@H](C(C)C)N(C)CCCC(=O)N1CCN(C(=O)CCCN2C(=O)C=CC2=O)CC1)C(C)C. The van der Waals surface area contributed by atoms with Crippen molar-refractivity contribution in [2.24, 2.45) is 23.7 Å². The van der Waals surface area contributed by atoms with E-state index in [0.29, 0.717) is 90.9 Å². The molecule has 5 aliphatic rings. The molecule has 4 aliphatic heterocycles. The fourth-order valence-electron chi connectivity index (χ4n) is 12.9. The molecule has 0 spiro atoms. The highest BCUT2D eigenvalue weighted by atomic mass is 16.7. The number of carbonyl (C=O) groups is 9. The number of ether oxygens (including phenoxy) is 2. The molecule has 4 heterocycles. The van der Waals surface area contributed by atoms with Crippen LogP contribution in [0.5, 0.6) is 0 Å². The average Bonchev–Trinajstić information content (AvgIpc) is 3.89. The Kier molecular flexibility index (Phi) is 23.6. The minimum atomic E-state index is -1.17. The summed E-state index contributed by atoms with van der Waals surface area (Å²) in [6, 6.07) is 7.39. The van der Waals surface area contributed by atoms with Gasteiger partial charge in [0.25, 0.3) is 17.7 Å². The van der Waals surface area contributed by atoms with Gasteiger partial charge in [-0.05, 0) is 88.9 Å². The predicted octanol–water partition coefficient (Wildman–Crippen LogP) is 3.76. The second-order valence-electron chi connectivity index (χ2n) is 23.7. The lowest BCUT2D eigenvalue weighted by Gasteiger charge is -2.43. The van der Waals surface area contributed by atoms with Crippen LogP contribution >= 0.6 is 0 Å². The van der Waals surface area contributed by atoms with Crippen molar-refractivity contribution in [2.75, 3.05) is 87.3 Å². The smallest absolute Gasteiger partial charge is 0.272 e. The molecular weight excluding hydrogens is 1040 g/mol. The van der Waals surface area contributed by atoms with Crippen LogP contribution in [-0.2, 0) is 57.5 Å². The number of methoxy groups -OCH3 is 2. The van der Waals surface area contributed by atoms with Crippen molar-refractivity contribution in [3.05, 3.63) is 48.0 Å². The highest BCUT2D eigenvalue weighted by Gasteiger charge is 2.64. The third-order valence-corrected chi connectivity index (χ3v) is 17.6. The van der Waals surface area contributed by atoms with E-state index in [1.165, 1.54) is 17.2 Å². The number of nitrogens with one attached hydrogen (secondary N) is 2. The number of rotatable bonds is 28. The second kappa shape index (κ2) is 29.6. The van der Waals surface area contributed by atoms with Crippen LogP contribution in [0.15, 0.2) is 42.5 Å². The summed E-state index contributed by atoms with van der Waals surface area (Å²) in [4.78, 5) is 138. The number of piperazine rings is 1. The van der Waals surface area contributed by atoms with E-state index in [9.17, 15) is 43.2 Å². The van der Waals surface area contributed by atoms with Crippen LogP contribution in [0.25, 0.3) is 0 Å². The number of hydroxylamine groups is 2. The Morgan fingerprint density at radius 2 is 1.35 bits per heavy atom. The van der Waals surface area contributed by atoms with Gasteiger partial charge in [-0.2, -0.15) is 0 Å². The molecule has 1 aromatic rings. The molecule has 1 unspecified atom stereocenters. The van der Waals surface area contributed by atoms with Crippen LogP contribution in [0, 0.1) is 23.7 Å². The number of imide groups is 2. The van der Waals surface area contributed by atoms with Gasteiger partial charge in [-0.1, -0.05) is 85.2 Å². The van der Waals surface area contributed by atoms with Crippen LogP contribution in [0.2, 0.25) is 0 Å². The first-order chi connectivity index (χ1) is 38.6. The zero-order valence-corrected chi connectivity index (χ0v) is 50.1.